The summed E-state index contributed by atoms with van der Waals surface area (Å²) in [6, 6.07) is 21.7. The van der Waals surface area contributed by atoms with Gasteiger partial charge in [-0.05, 0) is 0 Å². The summed E-state index contributed by atoms with van der Waals surface area (Å²) in [4.78, 5) is 0. The van der Waals surface area contributed by atoms with Gasteiger partial charge in [0.1, 0.15) is 12.1 Å². The number of aliphatic hydroxyl groups is 1. The van der Waals surface area contributed by atoms with Gasteiger partial charge in [-0.1, -0.05) is 74.5 Å². The molecule has 0 spiro atoms. The number of piperidine rings is 1. The van der Waals surface area contributed by atoms with E-state index in [1.807, 2.05) is 12.1 Å². The third-order valence-corrected chi connectivity index (χ3v) is 4.99. The Bertz CT molecular complexity index is 517. The molecule has 0 bridgehead atoms. The molecule has 1 aliphatic heterocycles. The zero-order valence-corrected chi connectivity index (χ0v) is 12.7. The Balaban J connectivity index is 1.93. The van der Waals surface area contributed by atoms with Crippen molar-refractivity contribution in [3.05, 3.63) is 71.8 Å². The van der Waals surface area contributed by atoms with Crippen molar-refractivity contribution < 1.29 is 10.4 Å². The van der Waals surface area contributed by atoms with Crippen molar-refractivity contribution >= 4 is 0 Å². The molecular formula is C19H24NO+. The lowest BCUT2D eigenvalue weighted by Gasteiger charge is -2.41. The lowest BCUT2D eigenvalue weighted by atomic mass is 9.75. The van der Waals surface area contributed by atoms with Gasteiger partial charge < -0.3 is 10.4 Å². The normalized spacial score (nSPS) is 32.8. The highest BCUT2D eigenvalue weighted by atomic mass is 16.3. The van der Waals surface area contributed by atoms with Crippen molar-refractivity contribution in [2.75, 3.05) is 0 Å². The summed E-state index contributed by atoms with van der Waals surface area (Å²) in [5.41, 5.74) is 2.61. The van der Waals surface area contributed by atoms with Crippen LogP contribution >= 0.6 is 0 Å². The van der Waals surface area contributed by atoms with Crippen LogP contribution in [0.25, 0.3) is 0 Å². The van der Waals surface area contributed by atoms with Crippen molar-refractivity contribution in [3.8, 4) is 0 Å². The number of aliphatic hydroxyl groups excluding tert-OH is 1. The molecule has 1 fully saturated rings. The molecule has 0 radical (unpaired) electrons. The van der Waals surface area contributed by atoms with Crippen LogP contribution in [0.4, 0.5) is 0 Å². The zero-order chi connectivity index (χ0) is 14.8. The van der Waals surface area contributed by atoms with Crippen LogP contribution in [0.2, 0.25) is 0 Å². The van der Waals surface area contributed by atoms with E-state index in [1.54, 1.807) is 0 Å². The molecule has 1 aliphatic rings. The second-order valence-electron chi connectivity index (χ2n) is 6.27. The molecule has 0 aromatic heterocycles. The fourth-order valence-corrected chi connectivity index (χ4v) is 3.66. The van der Waals surface area contributed by atoms with Crippen molar-refractivity contribution in [1.82, 2.24) is 0 Å². The van der Waals surface area contributed by atoms with Gasteiger partial charge in [0, 0.05) is 23.0 Å². The largest absolute Gasteiger partial charge is 0.392 e. The van der Waals surface area contributed by atoms with Crippen LogP contribution in [-0.4, -0.2) is 11.2 Å². The Kier molecular flexibility index (Phi) is 4.09. The van der Waals surface area contributed by atoms with Gasteiger partial charge in [-0.15, -0.1) is 0 Å². The third-order valence-electron chi connectivity index (χ3n) is 4.99. The Morgan fingerprint density at radius 1 is 0.714 bits per heavy atom. The summed E-state index contributed by atoms with van der Waals surface area (Å²) >= 11 is 0. The monoisotopic (exact) mass is 282 g/mol. The number of hydrogen-bond acceptors (Lipinski definition) is 1. The summed E-state index contributed by atoms with van der Waals surface area (Å²) in [6.07, 6.45) is -0.273. The number of benzene rings is 2. The number of rotatable bonds is 2. The van der Waals surface area contributed by atoms with Gasteiger partial charge in [-0.3, -0.25) is 0 Å². The summed E-state index contributed by atoms with van der Waals surface area (Å²) < 4.78 is 0. The topological polar surface area (TPSA) is 36.8 Å². The van der Waals surface area contributed by atoms with E-state index in [0.29, 0.717) is 12.1 Å². The van der Waals surface area contributed by atoms with Crippen LogP contribution in [0.5, 0.6) is 0 Å². The quantitative estimate of drug-likeness (QED) is 0.873. The summed E-state index contributed by atoms with van der Waals surface area (Å²) in [5, 5.41) is 13.1. The second kappa shape index (κ2) is 6.00. The molecule has 21 heavy (non-hydrogen) atoms. The average molecular weight is 282 g/mol. The molecule has 3 N–H and O–H groups in total. The van der Waals surface area contributed by atoms with Crippen molar-refractivity contribution in [2.24, 2.45) is 11.8 Å². The predicted molar refractivity (Wildman–Crippen MR) is 84.6 cm³/mol. The lowest BCUT2D eigenvalue weighted by molar-refractivity contribution is -0.760. The molecule has 4 atom stereocenters. The molecule has 2 heteroatoms. The highest BCUT2D eigenvalue weighted by Crippen LogP contribution is 2.35. The van der Waals surface area contributed by atoms with Crippen LogP contribution in [-0.2, 0) is 0 Å². The Morgan fingerprint density at radius 3 is 1.48 bits per heavy atom. The van der Waals surface area contributed by atoms with Crippen molar-refractivity contribution in [1.29, 1.82) is 0 Å². The maximum absolute atomic E-state index is 10.7. The van der Waals surface area contributed by atoms with Crippen LogP contribution in [0.15, 0.2) is 60.7 Å². The molecule has 1 heterocycles. The van der Waals surface area contributed by atoms with Crippen LogP contribution in [0.1, 0.15) is 37.1 Å². The average Bonchev–Trinajstić information content (AvgIpc) is 2.55. The van der Waals surface area contributed by atoms with Crippen LogP contribution in [0.3, 0.4) is 0 Å². The Morgan fingerprint density at radius 2 is 1.10 bits per heavy atom. The standard InChI is InChI=1S/C19H23NO/c1-13-17(15-9-5-3-6-10-15)20-18(14(2)19(13)21)16-11-7-4-8-12-16/h3-14,17-21H,1-2H3/p+1/t13-,14-,17+,18+/m1/s1. The molecule has 0 amide bonds. The van der Waals surface area contributed by atoms with E-state index in [1.165, 1.54) is 11.1 Å². The van der Waals surface area contributed by atoms with E-state index in [9.17, 15) is 5.11 Å². The summed E-state index contributed by atoms with van der Waals surface area (Å²) in [7, 11) is 0. The van der Waals surface area contributed by atoms with E-state index >= 15 is 0 Å². The molecule has 110 valence electrons. The SMILES string of the molecule is C[C@H]1C(O)[C@H](C)[C@@H](c2ccccc2)[NH2+][C@@H]1c1ccccc1. The van der Waals surface area contributed by atoms with Gasteiger partial charge >= 0.3 is 0 Å². The minimum absolute atomic E-state index is 0.252. The number of nitrogens with two attached hydrogens (primary N) is 1. The van der Waals surface area contributed by atoms with Gasteiger partial charge in [0.15, 0.2) is 0 Å². The van der Waals surface area contributed by atoms with Gasteiger partial charge in [0.25, 0.3) is 0 Å². The Labute approximate surface area is 126 Å². The lowest BCUT2D eigenvalue weighted by Crippen LogP contribution is -2.92. The summed E-state index contributed by atoms with van der Waals surface area (Å²) in [6.45, 7) is 4.33. The van der Waals surface area contributed by atoms with Crippen LogP contribution in [0, 0.1) is 11.8 Å². The van der Waals surface area contributed by atoms with Gasteiger partial charge in [-0.2, -0.15) is 0 Å². The molecule has 0 aliphatic carbocycles. The minimum Gasteiger partial charge on any atom is -0.392 e. The van der Waals surface area contributed by atoms with Crippen molar-refractivity contribution in [2.45, 2.75) is 32.0 Å². The zero-order valence-electron chi connectivity index (χ0n) is 12.7. The second-order valence-corrected chi connectivity index (χ2v) is 6.27. The van der Waals surface area contributed by atoms with Crippen LogP contribution < -0.4 is 5.32 Å². The highest BCUT2D eigenvalue weighted by Gasteiger charge is 2.43. The van der Waals surface area contributed by atoms with E-state index in [4.69, 9.17) is 0 Å². The predicted octanol–water partition coefficient (Wildman–Crippen LogP) is 2.68. The van der Waals surface area contributed by atoms with Gasteiger partial charge in [0.05, 0.1) is 6.10 Å². The fraction of sp³-hybridized carbons (Fsp3) is 0.368. The molecule has 3 rings (SSSR count). The summed E-state index contributed by atoms with van der Waals surface area (Å²) in [5.74, 6) is 0.504. The molecule has 2 aromatic carbocycles. The molecule has 1 saturated heterocycles. The molecule has 0 saturated carbocycles. The molecular weight excluding hydrogens is 258 g/mol. The maximum atomic E-state index is 10.7. The van der Waals surface area contributed by atoms with E-state index in [0.717, 1.165) is 0 Å². The van der Waals surface area contributed by atoms with Gasteiger partial charge in [0.2, 0.25) is 0 Å². The first-order valence-corrected chi connectivity index (χ1v) is 7.81. The number of quaternary nitrogens is 1. The first-order valence-electron chi connectivity index (χ1n) is 7.81. The molecule has 0 unspecified atom stereocenters. The highest BCUT2D eigenvalue weighted by molar-refractivity contribution is 5.22. The molecule has 2 aromatic rings. The first-order chi connectivity index (χ1) is 10.2. The fourth-order valence-electron chi connectivity index (χ4n) is 3.66. The minimum atomic E-state index is -0.273. The smallest absolute Gasteiger partial charge is 0.117 e. The third kappa shape index (κ3) is 2.74. The van der Waals surface area contributed by atoms with Crippen molar-refractivity contribution in [3.63, 3.8) is 0 Å². The van der Waals surface area contributed by atoms with Gasteiger partial charge in [-0.25, -0.2) is 0 Å². The van der Waals surface area contributed by atoms with E-state index < -0.39 is 0 Å². The number of hydrogen-bond donors (Lipinski definition) is 2. The first kappa shape index (κ1) is 14.3. The molecule has 2 nitrogen and oxygen atoms in total. The maximum Gasteiger partial charge on any atom is 0.117 e. The van der Waals surface area contributed by atoms with E-state index in [2.05, 4.69) is 67.7 Å². The Hall–Kier alpha value is -1.64. The van der Waals surface area contributed by atoms with E-state index in [-0.39, 0.29) is 17.9 Å².